The maximum Gasteiger partial charge on any atom is 0.248 e. The number of likely N-dealkylation sites (tertiary alicyclic amines) is 2. The Morgan fingerprint density at radius 1 is 1.27 bits per heavy atom. The molecule has 4 rings (SSSR count). The highest BCUT2D eigenvalue weighted by atomic mass is 32.2. The van der Waals surface area contributed by atoms with Gasteiger partial charge in [-0.05, 0) is 25.3 Å². The number of hydrogen-bond acceptors (Lipinski definition) is 5. The van der Waals surface area contributed by atoms with Crippen LogP contribution >= 0.6 is 11.8 Å². The summed E-state index contributed by atoms with van der Waals surface area (Å²) in [5.41, 5.74) is 1.25. The summed E-state index contributed by atoms with van der Waals surface area (Å²) in [6, 6.07) is 8.25. The number of methoxy groups -OCH3 is 1. The van der Waals surface area contributed by atoms with Gasteiger partial charge in [-0.1, -0.05) is 18.2 Å². The van der Waals surface area contributed by atoms with Crippen LogP contribution < -0.4 is 4.74 Å². The molecular weight excluding hydrogens is 348 g/mol. The zero-order valence-electron chi connectivity index (χ0n) is 15.5. The van der Waals surface area contributed by atoms with Gasteiger partial charge in [0.25, 0.3) is 0 Å². The summed E-state index contributed by atoms with van der Waals surface area (Å²) < 4.78 is 11.7. The number of hydrogen-bond donors (Lipinski definition) is 0. The van der Waals surface area contributed by atoms with Crippen molar-refractivity contribution in [2.45, 2.75) is 36.7 Å². The molecule has 6 heteroatoms. The van der Waals surface area contributed by atoms with E-state index in [1.807, 2.05) is 28.8 Å². The van der Waals surface area contributed by atoms with Gasteiger partial charge in [0.15, 0.2) is 0 Å². The Morgan fingerprint density at radius 2 is 2.04 bits per heavy atom. The lowest BCUT2D eigenvalue weighted by Crippen LogP contribution is -2.58. The lowest BCUT2D eigenvalue weighted by Gasteiger charge is -2.47. The molecule has 3 aliphatic heterocycles. The van der Waals surface area contributed by atoms with Crippen LogP contribution in [0.5, 0.6) is 5.75 Å². The molecule has 3 saturated heterocycles. The lowest BCUT2D eigenvalue weighted by molar-refractivity contribution is -0.136. The van der Waals surface area contributed by atoms with Gasteiger partial charge in [0.1, 0.15) is 12.4 Å². The highest BCUT2D eigenvalue weighted by Crippen LogP contribution is 2.46. The Kier molecular flexibility index (Phi) is 5.43. The predicted octanol–water partition coefficient (Wildman–Crippen LogP) is 2.39. The fraction of sp³-hybridized carbons (Fsp3) is 0.650. The predicted molar refractivity (Wildman–Crippen MR) is 104 cm³/mol. The van der Waals surface area contributed by atoms with Gasteiger partial charge in [0.2, 0.25) is 5.91 Å². The molecular formula is C20H28N2O3S. The minimum Gasteiger partial charge on any atom is -0.496 e. The second kappa shape index (κ2) is 7.79. The number of benzene rings is 1. The number of carbonyl (C=O) groups excluding carboxylic acids is 1. The van der Waals surface area contributed by atoms with Crippen LogP contribution in [0.25, 0.3) is 0 Å². The Bertz CT molecular complexity index is 642. The summed E-state index contributed by atoms with van der Waals surface area (Å²) in [7, 11) is 1.73. The third-order valence-corrected chi connectivity index (χ3v) is 7.26. The molecule has 0 N–H and O–H groups in total. The quantitative estimate of drug-likeness (QED) is 0.763. The van der Waals surface area contributed by atoms with Gasteiger partial charge >= 0.3 is 0 Å². The largest absolute Gasteiger partial charge is 0.496 e. The maximum atomic E-state index is 12.1. The average Bonchev–Trinajstić information content (AvgIpc) is 3.30. The van der Waals surface area contributed by atoms with E-state index >= 15 is 0 Å². The molecule has 1 aromatic rings. The number of para-hydroxylation sites is 1. The zero-order valence-corrected chi connectivity index (χ0v) is 16.3. The van der Waals surface area contributed by atoms with Crippen LogP contribution in [-0.4, -0.2) is 72.2 Å². The monoisotopic (exact) mass is 376 g/mol. The Morgan fingerprint density at radius 3 is 2.81 bits per heavy atom. The van der Waals surface area contributed by atoms with Gasteiger partial charge in [-0.3, -0.25) is 9.69 Å². The molecule has 1 aromatic carbocycles. The molecule has 1 amide bonds. The van der Waals surface area contributed by atoms with Crippen LogP contribution in [0.15, 0.2) is 24.3 Å². The molecule has 3 heterocycles. The first-order chi connectivity index (χ1) is 12.7. The third kappa shape index (κ3) is 3.87. The lowest BCUT2D eigenvalue weighted by atomic mass is 9.92. The maximum absolute atomic E-state index is 12.1. The molecule has 142 valence electrons. The van der Waals surface area contributed by atoms with Gasteiger partial charge < -0.3 is 14.4 Å². The number of carbonyl (C=O) groups is 1. The molecule has 26 heavy (non-hydrogen) atoms. The van der Waals surface area contributed by atoms with Crippen LogP contribution in [0.4, 0.5) is 0 Å². The number of thioether (sulfide) groups is 1. The summed E-state index contributed by atoms with van der Waals surface area (Å²) in [5, 5.41) is 0. The van der Waals surface area contributed by atoms with Gasteiger partial charge in [-0.15, -0.1) is 11.8 Å². The Hall–Kier alpha value is -1.24. The van der Waals surface area contributed by atoms with Crippen molar-refractivity contribution in [1.29, 1.82) is 0 Å². The zero-order chi connectivity index (χ0) is 18.0. The second-order valence-corrected chi connectivity index (χ2v) is 9.16. The highest BCUT2D eigenvalue weighted by Gasteiger charge is 2.49. The van der Waals surface area contributed by atoms with Crippen LogP contribution in [-0.2, 0) is 16.1 Å². The van der Waals surface area contributed by atoms with Gasteiger partial charge in [0, 0.05) is 48.8 Å². The molecule has 0 saturated carbocycles. The highest BCUT2D eigenvalue weighted by molar-refractivity contribution is 8.01. The molecule has 0 unspecified atom stereocenters. The minimum absolute atomic E-state index is 0.167. The molecule has 0 bridgehead atoms. The molecule has 0 aliphatic carbocycles. The van der Waals surface area contributed by atoms with E-state index in [2.05, 4.69) is 17.0 Å². The van der Waals surface area contributed by atoms with Gasteiger partial charge in [-0.25, -0.2) is 0 Å². The number of amides is 1. The molecule has 3 fully saturated rings. The van der Waals surface area contributed by atoms with E-state index < -0.39 is 0 Å². The first kappa shape index (κ1) is 18.1. The summed E-state index contributed by atoms with van der Waals surface area (Å²) in [4.78, 5) is 16.6. The molecule has 5 nitrogen and oxygen atoms in total. The number of rotatable bonds is 6. The average molecular weight is 377 g/mol. The summed E-state index contributed by atoms with van der Waals surface area (Å²) in [6.45, 7) is 5.19. The topological polar surface area (TPSA) is 42.0 Å². The van der Waals surface area contributed by atoms with E-state index in [0.717, 1.165) is 63.5 Å². The Balaban J connectivity index is 1.22. The smallest absolute Gasteiger partial charge is 0.248 e. The van der Waals surface area contributed by atoms with Crippen molar-refractivity contribution in [2.24, 2.45) is 0 Å². The van der Waals surface area contributed by atoms with Crippen LogP contribution in [0.2, 0.25) is 0 Å². The van der Waals surface area contributed by atoms with E-state index in [4.69, 9.17) is 9.47 Å². The van der Waals surface area contributed by atoms with Crippen LogP contribution in [0.1, 0.15) is 24.8 Å². The summed E-state index contributed by atoms with van der Waals surface area (Å²) in [6.07, 6.45) is 3.56. The third-order valence-electron chi connectivity index (χ3n) is 5.69. The van der Waals surface area contributed by atoms with E-state index in [1.165, 1.54) is 5.56 Å². The van der Waals surface area contributed by atoms with Crippen molar-refractivity contribution in [2.75, 3.05) is 45.6 Å². The van der Waals surface area contributed by atoms with E-state index in [0.29, 0.717) is 4.75 Å². The fourth-order valence-corrected chi connectivity index (χ4v) is 5.94. The van der Waals surface area contributed by atoms with Gasteiger partial charge in [0.05, 0.1) is 13.2 Å². The van der Waals surface area contributed by atoms with Crippen molar-refractivity contribution in [3.63, 3.8) is 0 Å². The Labute approximate surface area is 160 Å². The van der Waals surface area contributed by atoms with Crippen molar-refractivity contribution in [1.82, 2.24) is 9.80 Å². The van der Waals surface area contributed by atoms with E-state index in [-0.39, 0.29) is 18.6 Å². The van der Waals surface area contributed by atoms with Crippen molar-refractivity contribution >= 4 is 17.7 Å². The first-order valence-electron chi connectivity index (χ1n) is 9.55. The molecule has 0 radical (unpaired) electrons. The molecule has 3 aliphatic rings. The standard InChI is InChI=1S/C20H28N2O3S/c1-24-18-7-3-2-6-16(18)11-21-14-20(15-21)10-17(13-26-20)25-12-19(23)22-8-4-5-9-22/h2-3,6-7,17H,4-5,8-15H2,1H3/t17-/m0/s1. The molecule has 0 aromatic heterocycles. The van der Waals surface area contributed by atoms with Crippen LogP contribution in [0, 0.1) is 0 Å². The van der Waals surface area contributed by atoms with E-state index in [9.17, 15) is 4.79 Å². The fourth-order valence-electron chi connectivity index (χ4n) is 4.33. The SMILES string of the molecule is COc1ccccc1CN1CC2(C[C@H](OCC(=O)N3CCCC3)CS2)C1. The van der Waals surface area contributed by atoms with Crippen molar-refractivity contribution in [3.8, 4) is 5.75 Å². The molecule has 1 atom stereocenters. The summed E-state index contributed by atoms with van der Waals surface area (Å²) in [5.74, 6) is 2.14. The molecule has 1 spiro atoms. The summed E-state index contributed by atoms with van der Waals surface area (Å²) >= 11 is 2.02. The van der Waals surface area contributed by atoms with E-state index in [1.54, 1.807) is 7.11 Å². The van der Waals surface area contributed by atoms with Crippen molar-refractivity contribution < 1.29 is 14.3 Å². The minimum atomic E-state index is 0.167. The van der Waals surface area contributed by atoms with Crippen LogP contribution in [0.3, 0.4) is 0 Å². The number of ether oxygens (including phenoxy) is 2. The number of nitrogens with zero attached hydrogens (tertiary/aromatic N) is 2. The normalized spacial score (nSPS) is 24.8. The second-order valence-electron chi connectivity index (χ2n) is 7.68. The van der Waals surface area contributed by atoms with Crippen molar-refractivity contribution in [3.05, 3.63) is 29.8 Å². The first-order valence-corrected chi connectivity index (χ1v) is 10.5. The van der Waals surface area contributed by atoms with Gasteiger partial charge in [-0.2, -0.15) is 0 Å².